The van der Waals surface area contributed by atoms with Gasteiger partial charge in [0.2, 0.25) is 0 Å². The third-order valence-corrected chi connectivity index (χ3v) is 8.01. The van der Waals surface area contributed by atoms with Crippen LogP contribution < -0.4 is 20.7 Å². The van der Waals surface area contributed by atoms with Crippen LogP contribution in [-0.2, 0) is 6.54 Å². The van der Waals surface area contributed by atoms with E-state index in [0.717, 1.165) is 50.6 Å². The largest absolute Gasteiger partial charge is 0.496 e. The molecule has 34 heavy (non-hydrogen) atoms. The van der Waals surface area contributed by atoms with Crippen molar-refractivity contribution >= 4 is 31.9 Å². The molecule has 0 aliphatic carbocycles. The van der Waals surface area contributed by atoms with E-state index in [4.69, 9.17) is 9.47 Å². The molecule has 0 bridgehead atoms. The molecule has 0 amide bonds. The Kier molecular flexibility index (Phi) is 5.34. The van der Waals surface area contributed by atoms with Crippen LogP contribution in [0.15, 0.2) is 40.2 Å². The normalized spacial score (nSPS) is 19.8. The van der Waals surface area contributed by atoms with Gasteiger partial charge < -0.3 is 19.4 Å². The molecule has 0 radical (unpaired) electrons. The fraction of sp³-hybridized carbons (Fsp3) is 0.417. The third-order valence-electron chi connectivity index (χ3n) is 6.94. The minimum absolute atomic E-state index is 0.267. The Morgan fingerprint density at radius 3 is 2.91 bits per heavy atom. The van der Waals surface area contributed by atoms with Crippen molar-refractivity contribution in [3.8, 4) is 11.5 Å². The van der Waals surface area contributed by atoms with Gasteiger partial charge in [0.1, 0.15) is 26.5 Å². The average molecular weight is 480 g/mol. The topological polar surface area (TPSA) is 102 Å². The first-order chi connectivity index (χ1) is 16.6. The van der Waals surface area contributed by atoms with Crippen LogP contribution in [0.2, 0.25) is 0 Å². The van der Waals surface area contributed by atoms with Crippen molar-refractivity contribution in [2.75, 3.05) is 33.4 Å². The van der Waals surface area contributed by atoms with Gasteiger partial charge in [0.15, 0.2) is 0 Å². The van der Waals surface area contributed by atoms with Crippen LogP contribution in [0.25, 0.3) is 20.6 Å². The first kappa shape index (κ1) is 21.3. The number of aromatic nitrogens is 4. The summed E-state index contributed by atoms with van der Waals surface area (Å²) in [4.78, 5) is 40.1. The number of hydrogen-bond donors (Lipinski definition) is 1. The zero-order valence-electron chi connectivity index (χ0n) is 18.8. The fourth-order valence-electron chi connectivity index (χ4n) is 5.32. The molecule has 1 saturated heterocycles. The van der Waals surface area contributed by atoms with Crippen LogP contribution >= 0.6 is 11.3 Å². The SMILES string of the molecule is COc1cccc2c1[C@@H]1CN(CCCCn3c(=O)[nH]c4c(sc5nccnc54)c3=O)C[C@@H]1CO2. The highest BCUT2D eigenvalue weighted by Gasteiger charge is 2.40. The van der Waals surface area contributed by atoms with E-state index in [0.29, 0.717) is 38.9 Å². The van der Waals surface area contributed by atoms with Gasteiger partial charge in [-0.05, 0) is 31.5 Å². The van der Waals surface area contributed by atoms with Crippen LogP contribution in [0.4, 0.5) is 0 Å². The molecule has 10 heteroatoms. The van der Waals surface area contributed by atoms with E-state index in [-0.39, 0.29) is 5.56 Å². The molecule has 2 aliphatic heterocycles. The molecule has 0 spiro atoms. The lowest BCUT2D eigenvalue weighted by atomic mass is 9.86. The number of nitrogens with one attached hydrogen (secondary N) is 1. The summed E-state index contributed by atoms with van der Waals surface area (Å²) in [5.74, 6) is 2.69. The van der Waals surface area contributed by atoms with Gasteiger partial charge in [0.25, 0.3) is 5.56 Å². The first-order valence-electron chi connectivity index (χ1n) is 11.5. The lowest BCUT2D eigenvalue weighted by Gasteiger charge is -2.29. The lowest BCUT2D eigenvalue weighted by molar-refractivity contribution is 0.209. The summed E-state index contributed by atoms with van der Waals surface area (Å²) < 4.78 is 13.4. The quantitative estimate of drug-likeness (QED) is 0.424. The van der Waals surface area contributed by atoms with Gasteiger partial charge in [0, 0.05) is 49.4 Å². The molecule has 1 N–H and O–H groups in total. The molecular weight excluding hydrogens is 454 g/mol. The number of hydrogen-bond acceptors (Lipinski definition) is 8. The average Bonchev–Trinajstić information content (AvgIpc) is 3.44. The standard InChI is InChI=1S/C24H25N5O4S/c1-32-16-5-4-6-17-18(16)15-12-28(11-14(15)13-33-17)9-2-3-10-29-23(30)21-19(27-24(29)31)20-22(34-21)26-8-7-25-20/h4-8,14-15H,2-3,9-13H2,1H3,(H,27,31)/t14-,15-/m1/s1. The van der Waals surface area contributed by atoms with Gasteiger partial charge in [-0.1, -0.05) is 6.07 Å². The highest BCUT2D eigenvalue weighted by atomic mass is 32.1. The number of benzene rings is 1. The van der Waals surface area contributed by atoms with E-state index in [1.807, 2.05) is 18.2 Å². The van der Waals surface area contributed by atoms with E-state index in [2.05, 4.69) is 19.9 Å². The van der Waals surface area contributed by atoms with Crippen molar-refractivity contribution in [1.29, 1.82) is 0 Å². The van der Waals surface area contributed by atoms with E-state index in [9.17, 15) is 9.59 Å². The van der Waals surface area contributed by atoms with Crippen molar-refractivity contribution < 1.29 is 9.47 Å². The number of aromatic amines is 1. The number of ether oxygens (including phenoxy) is 2. The van der Waals surface area contributed by atoms with E-state index >= 15 is 0 Å². The molecule has 176 valence electrons. The molecular formula is C24H25N5O4S. The number of rotatable bonds is 6. The molecule has 4 aromatic rings. The van der Waals surface area contributed by atoms with Crippen molar-refractivity contribution in [2.45, 2.75) is 25.3 Å². The first-order valence-corrected chi connectivity index (χ1v) is 12.3. The summed E-state index contributed by atoms with van der Waals surface area (Å²) in [5.41, 5.74) is 1.58. The van der Waals surface area contributed by atoms with Crippen LogP contribution in [0, 0.1) is 5.92 Å². The van der Waals surface area contributed by atoms with Gasteiger partial charge in [0.05, 0.1) is 19.2 Å². The number of nitrogens with zero attached hydrogens (tertiary/aromatic N) is 4. The molecule has 9 nitrogen and oxygen atoms in total. The Bertz CT molecular complexity index is 1480. The molecule has 1 aromatic carbocycles. The second-order valence-electron chi connectivity index (χ2n) is 8.92. The zero-order chi connectivity index (χ0) is 23.2. The minimum Gasteiger partial charge on any atom is -0.496 e. The third kappa shape index (κ3) is 3.48. The van der Waals surface area contributed by atoms with Crippen LogP contribution in [-0.4, -0.2) is 57.8 Å². The number of H-pyrrole nitrogens is 1. The Morgan fingerprint density at radius 1 is 1.18 bits per heavy atom. The molecule has 0 saturated carbocycles. The number of fused-ring (bicyclic) bond motifs is 6. The van der Waals surface area contributed by atoms with Crippen molar-refractivity contribution in [3.63, 3.8) is 0 Å². The predicted molar refractivity (Wildman–Crippen MR) is 130 cm³/mol. The highest BCUT2D eigenvalue weighted by molar-refractivity contribution is 7.25. The molecule has 5 heterocycles. The van der Waals surface area contributed by atoms with Crippen LogP contribution in [0.5, 0.6) is 11.5 Å². The van der Waals surface area contributed by atoms with Crippen LogP contribution in [0.1, 0.15) is 24.3 Å². The Labute approximate surface area is 199 Å². The van der Waals surface area contributed by atoms with Gasteiger partial charge in [-0.15, -0.1) is 11.3 Å². The summed E-state index contributed by atoms with van der Waals surface area (Å²) in [5, 5.41) is 0. The van der Waals surface area contributed by atoms with Gasteiger partial charge in [-0.2, -0.15) is 0 Å². The van der Waals surface area contributed by atoms with E-state index in [1.165, 1.54) is 21.5 Å². The minimum atomic E-state index is -0.393. The molecule has 2 aliphatic rings. The van der Waals surface area contributed by atoms with Gasteiger partial charge >= 0.3 is 5.69 Å². The summed E-state index contributed by atoms with van der Waals surface area (Å²) in [7, 11) is 1.71. The van der Waals surface area contributed by atoms with Crippen molar-refractivity contribution in [2.24, 2.45) is 5.92 Å². The lowest BCUT2D eigenvalue weighted by Crippen LogP contribution is -2.34. The Hall–Kier alpha value is -3.24. The fourth-order valence-corrected chi connectivity index (χ4v) is 6.33. The second kappa shape index (κ2) is 8.52. The summed E-state index contributed by atoms with van der Waals surface area (Å²) >= 11 is 1.27. The number of methoxy groups -OCH3 is 1. The highest BCUT2D eigenvalue weighted by Crippen LogP contribution is 2.46. The maximum atomic E-state index is 13.0. The van der Waals surface area contributed by atoms with Crippen LogP contribution in [0.3, 0.4) is 0 Å². The monoisotopic (exact) mass is 479 g/mol. The van der Waals surface area contributed by atoms with E-state index in [1.54, 1.807) is 19.5 Å². The number of thiophene rings is 1. The molecule has 0 unspecified atom stereocenters. The molecule has 3 aromatic heterocycles. The second-order valence-corrected chi connectivity index (χ2v) is 9.92. The smallest absolute Gasteiger partial charge is 0.328 e. The molecule has 2 atom stereocenters. The van der Waals surface area contributed by atoms with Crippen molar-refractivity contribution in [3.05, 3.63) is 57.0 Å². The van der Waals surface area contributed by atoms with E-state index < -0.39 is 5.69 Å². The maximum absolute atomic E-state index is 13.0. The number of likely N-dealkylation sites (tertiary alicyclic amines) is 1. The van der Waals surface area contributed by atoms with Gasteiger partial charge in [-0.25, -0.2) is 14.8 Å². The zero-order valence-corrected chi connectivity index (χ0v) is 19.6. The predicted octanol–water partition coefficient (Wildman–Crippen LogP) is 2.59. The molecule has 6 rings (SSSR count). The Balaban J connectivity index is 1.12. The van der Waals surface area contributed by atoms with Gasteiger partial charge in [-0.3, -0.25) is 9.36 Å². The molecule has 1 fully saturated rings. The summed E-state index contributed by atoms with van der Waals surface area (Å²) in [6.07, 6.45) is 4.80. The Morgan fingerprint density at radius 2 is 2.03 bits per heavy atom. The summed E-state index contributed by atoms with van der Waals surface area (Å²) in [6, 6.07) is 5.99. The number of unbranched alkanes of at least 4 members (excludes halogenated alkanes) is 1. The van der Waals surface area contributed by atoms with Crippen molar-refractivity contribution in [1.82, 2.24) is 24.4 Å². The summed E-state index contributed by atoms with van der Waals surface area (Å²) in [6.45, 7) is 3.99. The maximum Gasteiger partial charge on any atom is 0.328 e.